The third-order valence-electron chi connectivity index (χ3n) is 3.62. The van der Waals surface area contributed by atoms with Crippen LogP contribution >= 0.6 is 39.9 Å². The second-order valence-electron chi connectivity index (χ2n) is 5.37. The molecule has 1 heterocycles. The molecule has 1 amide bonds. The van der Waals surface area contributed by atoms with Gasteiger partial charge in [-0.25, -0.2) is 0 Å². The molecule has 0 N–H and O–H groups in total. The van der Waals surface area contributed by atoms with Gasteiger partial charge in [0.05, 0.1) is 18.1 Å². The number of hydrogen-bond acceptors (Lipinski definition) is 4. The Balaban J connectivity index is 1.87. The van der Waals surface area contributed by atoms with Gasteiger partial charge in [0.1, 0.15) is 10.1 Å². The van der Waals surface area contributed by atoms with E-state index in [-0.39, 0.29) is 5.91 Å². The molecule has 0 radical (unpaired) electrons. The van der Waals surface area contributed by atoms with Gasteiger partial charge in [-0.05, 0) is 36.8 Å². The molecular weight excluding hydrogens is 418 g/mol. The molecular formula is C19H16BrNO2S2. The fourth-order valence-electron chi connectivity index (χ4n) is 2.46. The van der Waals surface area contributed by atoms with Gasteiger partial charge >= 0.3 is 0 Å². The first-order valence-electron chi connectivity index (χ1n) is 7.80. The zero-order valence-corrected chi connectivity index (χ0v) is 16.8. The van der Waals surface area contributed by atoms with Gasteiger partial charge in [-0.1, -0.05) is 70.2 Å². The van der Waals surface area contributed by atoms with Crippen LogP contribution in [0.4, 0.5) is 0 Å². The number of amides is 1. The van der Waals surface area contributed by atoms with Crippen molar-refractivity contribution in [2.75, 3.05) is 6.61 Å². The number of ether oxygens (including phenoxy) is 1. The van der Waals surface area contributed by atoms with Crippen LogP contribution in [-0.4, -0.2) is 21.7 Å². The summed E-state index contributed by atoms with van der Waals surface area (Å²) in [6.45, 7) is 2.99. The maximum atomic E-state index is 12.8. The normalized spacial score (nSPS) is 15.9. The number of halogens is 1. The molecule has 3 nitrogen and oxygen atoms in total. The van der Waals surface area contributed by atoms with Gasteiger partial charge in [-0.2, -0.15) is 0 Å². The van der Waals surface area contributed by atoms with Gasteiger partial charge in [-0.3, -0.25) is 9.69 Å². The quantitative estimate of drug-likeness (QED) is 0.475. The van der Waals surface area contributed by atoms with Crippen molar-refractivity contribution in [2.24, 2.45) is 0 Å². The number of carbonyl (C=O) groups excluding carboxylic acids is 1. The molecule has 3 rings (SSSR count). The van der Waals surface area contributed by atoms with Crippen LogP contribution in [0.25, 0.3) is 6.08 Å². The lowest BCUT2D eigenvalue weighted by Gasteiger charge is -2.14. The lowest BCUT2D eigenvalue weighted by Crippen LogP contribution is -2.27. The summed E-state index contributed by atoms with van der Waals surface area (Å²) in [5.74, 6) is 0.681. The van der Waals surface area contributed by atoms with E-state index in [0.29, 0.717) is 22.4 Å². The van der Waals surface area contributed by atoms with E-state index in [2.05, 4.69) is 15.9 Å². The molecule has 0 spiro atoms. The van der Waals surface area contributed by atoms with Crippen LogP contribution in [0.2, 0.25) is 0 Å². The highest BCUT2D eigenvalue weighted by Crippen LogP contribution is 2.35. The minimum absolute atomic E-state index is 0.0683. The Labute approximate surface area is 165 Å². The zero-order valence-electron chi connectivity index (χ0n) is 13.6. The number of hydrogen-bond donors (Lipinski definition) is 0. The largest absolute Gasteiger partial charge is 0.493 e. The van der Waals surface area contributed by atoms with Crippen LogP contribution in [0.3, 0.4) is 0 Å². The Hall–Kier alpha value is -1.63. The summed E-state index contributed by atoms with van der Waals surface area (Å²) < 4.78 is 7.16. The first-order chi connectivity index (χ1) is 12.1. The highest BCUT2D eigenvalue weighted by atomic mass is 79.9. The van der Waals surface area contributed by atoms with E-state index in [0.717, 1.165) is 21.3 Å². The summed E-state index contributed by atoms with van der Waals surface area (Å²) >= 11 is 10.2. The lowest BCUT2D eigenvalue weighted by molar-refractivity contribution is -0.122. The molecule has 1 aliphatic rings. The standard InChI is InChI=1S/C19H16BrNO2S2/c1-2-23-16-9-8-15(20)10-14(16)11-17-18(22)21(19(24)25-17)12-13-6-4-3-5-7-13/h3-11H,2,12H2,1H3/b17-11-. The molecule has 2 aromatic rings. The smallest absolute Gasteiger partial charge is 0.266 e. The van der Waals surface area contributed by atoms with E-state index in [1.807, 2.05) is 61.5 Å². The Bertz CT molecular complexity index is 837. The van der Waals surface area contributed by atoms with Crippen LogP contribution in [0.5, 0.6) is 5.75 Å². The molecule has 25 heavy (non-hydrogen) atoms. The average molecular weight is 434 g/mol. The summed E-state index contributed by atoms with van der Waals surface area (Å²) in [7, 11) is 0. The summed E-state index contributed by atoms with van der Waals surface area (Å²) in [6.07, 6.45) is 1.85. The van der Waals surface area contributed by atoms with Gasteiger partial charge in [0.25, 0.3) is 5.91 Å². The predicted molar refractivity (Wildman–Crippen MR) is 110 cm³/mol. The van der Waals surface area contributed by atoms with Gasteiger partial charge in [0.2, 0.25) is 0 Å². The molecule has 0 unspecified atom stereocenters. The first kappa shape index (κ1) is 18.2. The van der Waals surface area contributed by atoms with Crippen LogP contribution in [-0.2, 0) is 11.3 Å². The third-order valence-corrected chi connectivity index (χ3v) is 5.49. The fraction of sp³-hybridized carbons (Fsp3) is 0.158. The van der Waals surface area contributed by atoms with Crippen LogP contribution < -0.4 is 4.74 Å². The van der Waals surface area contributed by atoms with Gasteiger partial charge < -0.3 is 4.74 Å². The lowest BCUT2D eigenvalue weighted by atomic mass is 10.1. The minimum Gasteiger partial charge on any atom is -0.493 e. The fourth-order valence-corrected chi connectivity index (χ4v) is 4.09. The summed E-state index contributed by atoms with van der Waals surface area (Å²) in [6, 6.07) is 15.6. The van der Waals surface area contributed by atoms with E-state index >= 15 is 0 Å². The van der Waals surface area contributed by atoms with Crippen molar-refractivity contribution in [2.45, 2.75) is 13.5 Å². The Morgan fingerprint density at radius 3 is 2.72 bits per heavy atom. The summed E-state index contributed by atoms with van der Waals surface area (Å²) in [4.78, 5) is 15.0. The van der Waals surface area contributed by atoms with Crippen LogP contribution in [0.1, 0.15) is 18.1 Å². The molecule has 1 aliphatic heterocycles. The van der Waals surface area contributed by atoms with Crippen molar-refractivity contribution >= 4 is 56.2 Å². The monoisotopic (exact) mass is 433 g/mol. The van der Waals surface area contributed by atoms with Crippen LogP contribution in [0, 0.1) is 0 Å². The van der Waals surface area contributed by atoms with Crippen molar-refractivity contribution in [3.8, 4) is 5.75 Å². The Morgan fingerprint density at radius 2 is 2.00 bits per heavy atom. The molecule has 6 heteroatoms. The highest BCUT2D eigenvalue weighted by molar-refractivity contribution is 9.10. The summed E-state index contributed by atoms with van der Waals surface area (Å²) in [5, 5.41) is 0. The SMILES string of the molecule is CCOc1ccc(Br)cc1/C=C1\SC(=S)N(Cc2ccccc2)C1=O. The van der Waals surface area contributed by atoms with Crippen molar-refractivity contribution in [1.29, 1.82) is 0 Å². The number of carbonyl (C=O) groups is 1. The van der Waals surface area contributed by atoms with Crippen molar-refractivity contribution in [3.05, 3.63) is 69.0 Å². The molecule has 1 saturated heterocycles. The van der Waals surface area contributed by atoms with Gasteiger partial charge in [-0.15, -0.1) is 0 Å². The number of rotatable bonds is 5. The van der Waals surface area contributed by atoms with Gasteiger partial charge in [0, 0.05) is 10.0 Å². The van der Waals surface area contributed by atoms with Crippen LogP contribution in [0.15, 0.2) is 57.9 Å². The topological polar surface area (TPSA) is 29.5 Å². The molecule has 2 aromatic carbocycles. The molecule has 0 aliphatic carbocycles. The number of nitrogens with zero attached hydrogens (tertiary/aromatic N) is 1. The molecule has 128 valence electrons. The number of thioether (sulfide) groups is 1. The van der Waals surface area contributed by atoms with Crippen molar-refractivity contribution in [1.82, 2.24) is 4.90 Å². The van der Waals surface area contributed by atoms with E-state index < -0.39 is 0 Å². The maximum Gasteiger partial charge on any atom is 0.266 e. The van der Waals surface area contributed by atoms with Gasteiger partial charge in [0.15, 0.2) is 0 Å². The van der Waals surface area contributed by atoms with Crippen molar-refractivity contribution in [3.63, 3.8) is 0 Å². The molecule has 0 saturated carbocycles. The Morgan fingerprint density at radius 1 is 1.24 bits per heavy atom. The molecule has 0 aromatic heterocycles. The minimum atomic E-state index is -0.0683. The molecule has 0 atom stereocenters. The predicted octanol–water partition coefficient (Wildman–Crippen LogP) is 5.25. The first-order valence-corrected chi connectivity index (χ1v) is 9.82. The third kappa shape index (κ3) is 4.32. The highest BCUT2D eigenvalue weighted by Gasteiger charge is 2.32. The zero-order chi connectivity index (χ0) is 17.8. The van der Waals surface area contributed by atoms with E-state index in [9.17, 15) is 4.79 Å². The summed E-state index contributed by atoms with van der Waals surface area (Å²) in [5.41, 5.74) is 1.91. The molecule has 1 fully saturated rings. The van der Waals surface area contributed by atoms with Crippen molar-refractivity contribution < 1.29 is 9.53 Å². The second kappa shape index (κ2) is 8.17. The average Bonchev–Trinajstić information content (AvgIpc) is 2.86. The number of thiocarbonyl (C=S) groups is 1. The number of benzene rings is 2. The maximum absolute atomic E-state index is 12.8. The van der Waals surface area contributed by atoms with E-state index in [1.165, 1.54) is 11.8 Å². The van der Waals surface area contributed by atoms with E-state index in [1.54, 1.807) is 4.90 Å². The Kier molecular flexibility index (Phi) is 5.93. The second-order valence-corrected chi connectivity index (χ2v) is 7.96. The van der Waals surface area contributed by atoms with E-state index in [4.69, 9.17) is 17.0 Å². The molecule has 0 bridgehead atoms.